The molecule has 1 heterocycles. The van der Waals surface area contributed by atoms with E-state index < -0.39 is 11.4 Å². The van der Waals surface area contributed by atoms with Crippen molar-refractivity contribution in [1.29, 1.82) is 0 Å². The van der Waals surface area contributed by atoms with Gasteiger partial charge in [0.15, 0.2) is 0 Å². The van der Waals surface area contributed by atoms with Gasteiger partial charge in [-0.25, -0.2) is 0 Å². The number of H-pyrrole nitrogens is 1. The van der Waals surface area contributed by atoms with Gasteiger partial charge in [-0.3, -0.25) is 9.78 Å². The first-order valence-electron chi connectivity index (χ1n) is 5.05. The second-order valence-electron chi connectivity index (χ2n) is 3.14. The van der Waals surface area contributed by atoms with Crippen LogP contribution in [0.4, 0.5) is 5.95 Å². The second kappa shape index (κ2) is 5.87. The molecule has 94 valence electrons. The molecule has 0 aliphatic rings. The highest BCUT2D eigenvalue weighted by Crippen LogP contribution is 2.25. The number of nitrogens with two attached hydrogens (primary N) is 1. The summed E-state index contributed by atoms with van der Waals surface area (Å²) in [5, 5.41) is 9.54. The highest BCUT2D eigenvalue weighted by molar-refractivity contribution is 8.23. The van der Waals surface area contributed by atoms with E-state index in [2.05, 4.69) is 9.97 Å². The average Bonchev–Trinajstić information content (AvgIpc) is 2.25. The Morgan fingerprint density at radius 1 is 1.59 bits per heavy atom. The van der Waals surface area contributed by atoms with Crippen molar-refractivity contribution >= 4 is 34.2 Å². The Morgan fingerprint density at radius 2 is 2.18 bits per heavy atom. The number of nitrogens with one attached hydrogen (secondary N) is 1. The summed E-state index contributed by atoms with van der Waals surface area (Å²) >= 11 is 6.18. The van der Waals surface area contributed by atoms with Crippen molar-refractivity contribution in [2.24, 2.45) is 0 Å². The number of aromatic amines is 1. The summed E-state index contributed by atoms with van der Waals surface area (Å²) in [5.41, 5.74) is 4.80. The second-order valence-corrected chi connectivity index (χ2v) is 4.79. The van der Waals surface area contributed by atoms with Crippen LogP contribution in [0, 0.1) is 0 Å². The van der Waals surface area contributed by atoms with Gasteiger partial charge in [-0.15, -0.1) is 0 Å². The molecule has 0 amide bonds. The van der Waals surface area contributed by atoms with E-state index in [1.165, 1.54) is 0 Å². The predicted molar refractivity (Wildman–Crippen MR) is 72.3 cm³/mol. The third-order valence-corrected chi connectivity index (χ3v) is 3.60. The van der Waals surface area contributed by atoms with Gasteiger partial charge in [0.1, 0.15) is 9.22 Å². The van der Waals surface area contributed by atoms with Crippen LogP contribution in [0.15, 0.2) is 9.69 Å². The SMILES string of the molecule is CCN(CC)C(=S)Sc1c(O)nc(N)[nH]c1=O. The number of anilines is 1. The number of aromatic hydroxyl groups is 1. The number of thioether (sulfide) groups is 1. The molecule has 8 heteroatoms. The molecule has 0 unspecified atom stereocenters. The molecule has 1 aromatic heterocycles. The maximum atomic E-state index is 11.6. The highest BCUT2D eigenvalue weighted by atomic mass is 32.2. The van der Waals surface area contributed by atoms with Gasteiger partial charge in [-0.05, 0) is 25.6 Å². The summed E-state index contributed by atoms with van der Waals surface area (Å²) < 4.78 is 0.516. The molecule has 1 aromatic rings. The zero-order chi connectivity index (χ0) is 13.0. The fraction of sp³-hybridized carbons (Fsp3) is 0.444. The lowest BCUT2D eigenvalue weighted by Crippen LogP contribution is -2.27. The molecule has 17 heavy (non-hydrogen) atoms. The topological polar surface area (TPSA) is 95.2 Å². The Labute approximate surface area is 108 Å². The minimum atomic E-state index is -0.491. The molecular weight excluding hydrogens is 260 g/mol. The van der Waals surface area contributed by atoms with E-state index in [0.717, 1.165) is 24.9 Å². The molecule has 0 bridgehead atoms. The van der Waals surface area contributed by atoms with E-state index in [0.29, 0.717) is 4.32 Å². The van der Waals surface area contributed by atoms with Crippen LogP contribution in [-0.4, -0.2) is 37.4 Å². The monoisotopic (exact) mass is 274 g/mol. The van der Waals surface area contributed by atoms with Crippen molar-refractivity contribution in [2.75, 3.05) is 18.8 Å². The number of hydrogen-bond acceptors (Lipinski definition) is 6. The van der Waals surface area contributed by atoms with E-state index in [1.807, 2.05) is 18.7 Å². The first-order chi connectivity index (χ1) is 7.99. The third-order valence-electron chi connectivity index (χ3n) is 2.09. The maximum Gasteiger partial charge on any atom is 0.270 e. The van der Waals surface area contributed by atoms with Crippen LogP contribution in [0.5, 0.6) is 5.88 Å². The predicted octanol–water partition coefficient (Wildman–Crippen LogP) is 0.776. The lowest BCUT2D eigenvalue weighted by Gasteiger charge is -2.20. The molecule has 1 rings (SSSR count). The first kappa shape index (κ1) is 13.8. The Hall–Kier alpha value is -1.28. The normalized spacial score (nSPS) is 10.2. The molecule has 0 aliphatic heterocycles. The fourth-order valence-electron chi connectivity index (χ4n) is 1.19. The van der Waals surface area contributed by atoms with Gasteiger partial charge in [0, 0.05) is 13.1 Å². The van der Waals surface area contributed by atoms with Gasteiger partial charge in [0.25, 0.3) is 5.56 Å². The van der Waals surface area contributed by atoms with Crippen molar-refractivity contribution in [2.45, 2.75) is 18.7 Å². The number of nitrogen functional groups attached to an aromatic ring is 1. The Morgan fingerprint density at radius 3 is 2.65 bits per heavy atom. The third kappa shape index (κ3) is 3.34. The van der Waals surface area contributed by atoms with Gasteiger partial charge in [-0.2, -0.15) is 4.98 Å². The zero-order valence-electron chi connectivity index (χ0n) is 9.56. The maximum absolute atomic E-state index is 11.6. The van der Waals surface area contributed by atoms with Crippen molar-refractivity contribution < 1.29 is 5.11 Å². The van der Waals surface area contributed by atoms with Crippen molar-refractivity contribution in [3.05, 3.63) is 10.4 Å². The van der Waals surface area contributed by atoms with Crippen LogP contribution in [0.3, 0.4) is 0 Å². The lowest BCUT2D eigenvalue weighted by atomic mass is 10.6. The van der Waals surface area contributed by atoms with Crippen LogP contribution in [0.1, 0.15) is 13.8 Å². The summed E-state index contributed by atoms with van der Waals surface area (Å²) in [6.45, 7) is 5.40. The molecule has 0 aliphatic carbocycles. The van der Waals surface area contributed by atoms with E-state index in [1.54, 1.807) is 0 Å². The Kier molecular flexibility index (Phi) is 4.76. The molecule has 4 N–H and O–H groups in total. The summed E-state index contributed by atoms with van der Waals surface area (Å²) in [6.07, 6.45) is 0. The minimum absolute atomic E-state index is 0.0658. The largest absolute Gasteiger partial charge is 0.492 e. The van der Waals surface area contributed by atoms with Gasteiger partial charge >= 0.3 is 0 Å². The van der Waals surface area contributed by atoms with Gasteiger partial charge in [0.05, 0.1) is 0 Å². The molecule has 6 nitrogen and oxygen atoms in total. The minimum Gasteiger partial charge on any atom is -0.492 e. The number of thiocarbonyl (C=S) groups is 1. The van der Waals surface area contributed by atoms with Crippen LogP contribution >= 0.6 is 24.0 Å². The van der Waals surface area contributed by atoms with Crippen LogP contribution in [0.25, 0.3) is 0 Å². The smallest absolute Gasteiger partial charge is 0.270 e. The summed E-state index contributed by atoms with van der Waals surface area (Å²) in [6, 6.07) is 0. The molecular formula is C9H14N4O2S2. The summed E-state index contributed by atoms with van der Waals surface area (Å²) in [7, 11) is 0. The lowest BCUT2D eigenvalue weighted by molar-refractivity contribution is 0.437. The van der Waals surface area contributed by atoms with E-state index in [-0.39, 0.29) is 10.8 Å². The summed E-state index contributed by atoms with van der Waals surface area (Å²) in [5.74, 6) is -0.517. The van der Waals surface area contributed by atoms with Crippen molar-refractivity contribution in [3.8, 4) is 5.88 Å². The average molecular weight is 274 g/mol. The number of aromatic nitrogens is 2. The van der Waals surface area contributed by atoms with Crippen molar-refractivity contribution in [3.63, 3.8) is 0 Å². The molecule has 0 spiro atoms. The van der Waals surface area contributed by atoms with Gasteiger partial charge < -0.3 is 15.7 Å². The number of hydrogen-bond donors (Lipinski definition) is 3. The quantitative estimate of drug-likeness (QED) is 0.553. The van der Waals surface area contributed by atoms with E-state index in [4.69, 9.17) is 18.0 Å². The van der Waals surface area contributed by atoms with Crippen LogP contribution in [0.2, 0.25) is 0 Å². The van der Waals surface area contributed by atoms with E-state index >= 15 is 0 Å². The molecule has 0 atom stereocenters. The van der Waals surface area contributed by atoms with Crippen LogP contribution in [-0.2, 0) is 0 Å². The van der Waals surface area contributed by atoms with E-state index in [9.17, 15) is 9.90 Å². The number of nitrogens with zero attached hydrogens (tertiary/aromatic N) is 2. The molecule has 0 radical (unpaired) electrons. The zero-order valence-corrected chi connectivity index (χ0v) is 11.2. The molecule has 0 aromatic carbocycles. The number of rotatable bonds is 3. The standard InChI is InChI=1S/C9H14N4O2S2/c1-3-13(4-2)9(16)17-5-6(14)11-8(10)12-7(5)15/h3-4H2,1-2H3,(H4,10,11,12,14,15). The van der Waals surface area contributed by atoms with Crippen molar-refractivity contribution in [1.82, 2.24) is 14.9 Å². The molecule has 0 fully saturated rings. The Balaban J connectivity index is 2.96. The molecule has 0 saturated carbocycles. The van der Waals surface area contributed by atoms with Crippen LogP contribution < -0.4 is 11.3 Å². The van der Waals surface area contributed by atoms with Gasteiger partial charge in [-0.1, -0.05) is 12.2 Å². The fourth-order valence-corrected chi connectivity index (χ4v) is 2.54. The highest BCUT2D eigenvalue weighted by Gasteiger charge is 2.15. The molecule has 0 saturated heterocycles. The summed E-state index contributed by atoms with van der Waals surface area (Å²) in [4.78, 5) is 19.4. The Bertz CT molecular complexity index is 471. The first-order valence-corrected chi connectivity index (χ1v) is 6.27. The van der Waals surface area contributed by atoms with Gasteiger partial charge in [0.2, 0.25) is 11.8 Å².